The Morgan fingerprint density at radius 3 is 2.78 bits per heavy atom. The molecule has 27 heavy (non-hydrogen) atoms. The second-order valence-corrected chi connectivity index (χ2v) is 5.36. The number of carbonyl (C=O) groups excluding carboxylic acids is 2. The third-order valence-corrected chi connectivity index (χ3v) is 3.57. The van der Waals surface area contributed by atoms with E-state index in [-0.39, 0.29) is 29.3 Å². The molecule has 0 atom stereocenters. The van der Waals surface area contributed by atoms with Crippen molar-refractivity contribution < 1.29 is 19.1 Å². The van der Waals surface area contributed by atoms with E-state index in [1.54, 1.807) is 31.2 Å². The van der Waals surface area contributed by atoms with Gasteiger partial charge in [0.25, 0.3) is 5.91 Å². The van der Waals surface area contributed by atoms with Crippen LogP contribution in [0.15, 0.2) is 30.5 Å². The van der Waals surface area contributed by atoms with Gasteiger partial charge in [-0.05, 0) is 26.0 Å². The zero-order chi connectivity index (χ0) is 19.4. The van der Waals surface area contributed by atoms with Gasteiger partial charge in [-0.25, -0.2) is 4.79 Å². The number of fused-ring (bicyclic) bond motifs is 1. The second-order valence-electron chi connectivity index (χ2n) is 5.36. The molecule has 0 saturated carbocycles. The van der Waals surface area contributed by atoms with Gasteiger partial charge in [0.15, 0.2) is 17.2 Å². The minimum absolute atomic E-state index is 0.0472. The lowest BCUT2D eigenvalue weighted by atomic mass is 10.3. The van der Waals surface area contributed by atoms with Crippen molar-refractivity contribution >= 4 is 29.0 Å². The van der Waals surface area contributed by atoms with E-state index in [0.717, 1.165) is 0 Å². The standard InChI is InChI=1S/C17H18N6O4/c1-3-26-11-7-5-6-10(8-11)20-16(24)13-14(18)23-15(22-21-13)12(9-19-23)17(25)27-4-2/h5-9H,3-4,18H2,1-2H3,(H,20,24). The molecule has 0 unspecified atom stereocenters. The summed E-state index contributed by atoms with van der Waals surface area (Å²) in [6.45, 7) is 4.27. The zero-order valence-corrected chi connectivity index (χ0v) is 14.8. The van der Waals surface area contributed by atoms with Crippen molar-refractivity contribution in [2.24, 2.45) is 0 Å². The fourth-order valence-electron chi connectivity index (χ4n) is 2.40. The average molecular weight is 370 g/mol. The van der Waals surface area contributed by atoms with E-state index in [1.165, 1.54) is 10.7 Å². The van der Waals surface area contributed by atoms with Gasteiger partial charge >= 0.3 is 5.97 Å². The summed E-state index contributed by atoms with van der Waals surface area (Å²) in [7, 11) is 0. The van der Waals surface area contributed by atoms with Crippen LogP contribution in [0.25, 0.3) is 5.65 Å². The van der Waals surface area contributed by atoms with Crippen LogP contribution < -0.4 is 15.8 Å². The smallest absolute Gasteiger partial charge is 0.343 e. The van der Waals surface area contributed by atoms with Crippen molar-refractivity contribution in [3.8, 4) is 5.75 Å². The number of nitrogens with two attached hydrogens (primary N) is 1. The minimum Gasteiger partial charge on any atom is -0.494 e. The first-order chi connectivity index (χ1) is 13.0. The van der Waals surface area contributed by atoms with E-state index < -0.39 is 11.9 Å². The predicted octanol–water partition coefficient (Wildman–Crippen LogP) is 1.53. The number of nitrogens with zero attached hydrogens (tertiary/aromatic N) is 4. The predicted molar refractivity (Wildman–Crippen MR) is 96.7 cm³/mol. The number of carbonyl (C=O) groups is 2. The highest BCUT2D eigenvalue weighted by Gasteiger charge is 2.21. The van der Waals surface area contributed by atoms with Crippen LogP contribution in [0.1, 0.15) is 34.7 Å². The maximum Gasteiger partial charge on any atom is 0.343 e. The molecule has 10 nitrogen and oxygen atoms in total. The molecule has 0 saturated heterocycles. The molecular formula is C17H18N6O4. The number of ether oxygens (including phenoxy) is 2. The Bertz CT molecular complexity index is 1000. The molecule has 3 N–H and O–H groups in total. The van der Waals surface area contributed by atoms with Crippen LogP contribution in [0.4, 0.5) is 11.5 Å². The summed E-state index contributed by atoms with van der Waals surface area (Å²) in [6, 6.07) is 6.91. The summed E-state index contributed by atoms with van der Waals surface area (Å²) >= 11 is 0. The van der Waals surface area contributed by atoms with Crippen LogP contribution >= 0.6 is 0 Å². The molecule has 0 spiro atoms. The molecule has 3 aromatic rings. The lowest BCUT2D eigenvalue weighted by Crippen LogP contribution is -2.19. The van der Waals surface area contributed by atoms with Crippen molar-refractivity contribution in [2.75, 3.05) is 24.3 Å². The number of benzene rings is 1. The first kappa shape index (κ1) is 18.1. The maximum absolute atomic E-state index is 12.5. The van der Waals surface area contributed by atoms with E-state index in [9.17, 15) is 9.59 Å². The molecule has 0 fully saturated rings. The third-order valence-electron chi connectivity index (χ3n) is 3.57. The summed E-state index contributed by atoms with van der Waals surface area (Å²) in [5.74, 6) is -0.583. The molecule has 0 radical (unpaired) electrons. The summed E-state index contributed by atoms with van der Waals surface area (Å²) in [4.78, 5) is 24.4. The number of esters is 1. The first-order valence-electron chi connectivity index (χ1n) is 8.26. The van der Waals surface area contributed by atoms with Gasteiger partial charge in [0.2, 0.25) is 0 Å². The monoisotopic (exact) mass is 370 g/mol. The van der Waals surface area contributed by atoms with Gasteiger partial charge in [0, 0.05) is 11.8 Å². The van der Waals surface area contributed by atoms with E-state index in [0.29, 0.717) is 18.0 Å². The Morgan fingerprint density at radius 1 is 1.22 bits per heavy atom. The van der Waals surface area contributed by atoms with E-state index in [1.807, 2.05) is 6.92 Å². The highest BCUT2D eigenvalue weighted by molar-refractivity contribution is 6.06. The lowest BCUT2D eigenvalue weighted by Gasteiger charge is -2.09. The van der Waals surface area contributed by atoms with Crippen LogP contribution in [0.3, 0.4) is 0 Å². The van der Waals surface area contributed by atoms with Crippen LogP contribution in [0.2, 0.25) is 0 Å². The summed E-state index contributed by atoms with van der Waals surface area (Å²) in [5.41, 5.74) is 6.62. The number of rotatable bonds is 6. The SMILES string of the molecule is CCOC(=O)c1cnn2c(N)c(C(=O)Nc3cccc(OCC)c3)nnc12. The fraction of sp³-hybridized carbons (Fsp3) is 0.235. The van der Waals surface area contributed by atoms with E-state index in [2.05, 4.69) is 20.6 Å². The van der Waals surface area contributed by atoms with E-state index >= 15 is 0 Å². The Hall–Kier alpha value is -3.69. The number of amides is 1. The minimum atomic E-state index is -0.592. The van der Waals surface area contributed by atoms with Crippen molar-refractivity contribution in [3.63, 3.8) is 0 Å². The Kier molecular flexibility index (Phi) is 5.15. The van der Waals surface area contributed by atoms with Crippen molar-refractivity contribution in [1.82, 2.24) is 19.8 Å². The first-order valence-corrected chi connectivity index (χ1v) is 8.26. The lowest BCUT2D eigenvalue weighted by molar-refractivity contribution is 0.0528. The fourth-order valence-corrected chi connectivity index (χ4v) is 2.40. The van der Waals surface area contributed by atoms with Gasteiger partial charge in [-0.3, -0.25) is 4.79 Å². The van der Waals surface area contributed by atoms with Crippen molar-refractivity contribution in [3.05, 3.63) is 41.7 Å². The molecule has 0 aliphatic rings. The number of anilines is 2. The zero-order valence-electron chi connectivity index (χ0n) is 14.8. The molecule has 1 amide bonds. The van der Waals surface area contributed by atoms with Gasteiger partial charge in [-0.15, -0.1) is 10.2 Å². The number of hydrogen-bond donors (Lipinski definition) is 2. The molecule has 1 aromatic carbocycles. The Labute approximate surface area is 154 Å². The largest absolute Gasteiger partial charge is 0.494 e. The van der Waals surface area contributed by atoms with Crippen molar-refractivity contribution in [2.45, 2.75) is 13.8 Å². The number of aromatic nitrogens is 4. The van der Waals surface area contributed by atoms with Crippen molar-refractivity contribution in [1.29, 1.82) is 0 Å². The number of nitrogen functional groups attached to an aromatic ring is 1. The van der Waals surface area contributed by atoms with Gasteiger partial charge < -0.3 is 20.5 Å². The number of hydrogen-bond acceptors (Lipinski definition) is 8. The number of nitrogens with one attached hydrogen (secondary N) is 1. The second kappa shape index (κ2) is 7.68. The average Bonchev–Trinajstić information content (AvgIpc) is 3.08. The Morgan fingerprint density at radius 2 is 2.04 bits per heavy atom. The normalized spacial score (nSPS) is 10.6. The molecule has 2 aromatic heterocycles. The van der Waals surface area contributed by atoms with Gasteiger partial charge in [-0.2, -0.15) is 9.61 Å². The van der Waals surface area contributed by atoms with Gasteiger partial charge in [0.05, 0.1) is 19.4 Å². The van der Waals surface area contributed by atoms with Gasteiger partial charge in [0.1, 0.15) is 11.3 Å². The molecule has 0 bridgehead atoms. The summed E-state index contributed by atoms with van der Waals surface area (Å²) in [5, 5.41) is 14.4. The quantitative estimate of drug-likeness (QED) is 0.624. The molecular weight excluding hydrogens is 352 g/mol. The molecule has 2 heterocycles. The van der Waals surface area contributed by atoms with Crippen LogP contribution in [-0.4, -0.2) is 44.9 Å². The highest BCUT2D eigenvalue weighted by atomic mass is 16.5. The molecule has 140 valence electrons. The Balaban J connectivity index is 1.88. The van der Waals surface area contributed by atoms with Crippen LogP contribution in [-0.2, 0) is 4.74 Å². The highest BCUT2D eigenvalue weighted by Crippen LogP contribution is 2.19. The van der Waals surface area contributed by atoms with Crippen LogP contribution in [0, 0.1) is 0 Å². The molecule has 0 aliphatic heterocycles. The molecule has 0 aliphatic carbocycles. The third kappa shape index (κ3) is 3.64. The maximum atomic E-state index is 12.5. The van der Waals surface area contributed by atoms with Gasteiger partial charge in [-0.1, -0.05) is 6.07 Å². The van der Waals surface area contributed by atoms with Crippen LogP contribution in [0.5, 0.6) is 5.75 Å². The molecule has 10 heteroatoms. The summed E-state index contributed by atoms with van der Waals surface area (Å²) in [6.07, 6.45) is 1.27. The molecule has 3 rings (SSSR count). The van der Waals surface area contributed by atoms with E-state index in [4.69, 9.17) is 15.2 Å². The summed E-state index contributed by atoms with van der Waals surface area (Å²) < 4.78 is 11.5. The topological polar surface area (TPSA) is 134 Å².